The first-order chi connectivity index (χ1) is 12.9. The molecule has 7 nitrogen and oxygen atoms in total. The first-order valence-electron chi connectivity index (χ1n) is 7.26. The van der Waals surface area contributed by atoms with Crippen molar-refractivity contribution < 1.29 is 50.7 Å². The summed E-state index contributed by atoms with van der Waals surface area (Å²) in [5.74, 6) is 0. The fourth-order valence-electron chi connectivity index (χ4n) is 1.56. The van der Waals surface area contributed by atoms with E-state index in [2.05, 4.69) is 20.0 Å². The van der Waals surface area contributed by atoms with Crippen molar-refractivity contribution in [2.24, 2.45) is 0 Å². The molecule has 0 spiro atoms. The molecule has 0 heterocycles. The van der Waals surface area contributed by atoms with Crippen LogP contribution in [0.4, 0.5) is 0 Å². The predicted octanol–water partition coefficient (Wildman–Crippen LogP) is 1.28. The molecule has 0 bridgehead atoms. The van der Waals surface area contributed by atoms with Crippen LogP contribution in [0.1, 0.15) is 5.56 Å². The van der Waals surface area contributed by atoms with Crippen molar-refractivity contribution in [2.45, 2.75) is 12.7 Å². The van der Waals surface area contributed by atoms with Gasteiger partial charge in [0, 0.05) is 23.7 Å². The van der Waals surface area contributed by atoms with Gasteiger partial charge in [0.1, 0.15) is 0 Å². The minimum Gasteiger partial charge on any atom is 0 e. The maximum atomic E-state index is 8.79. The van der Waals surface area contributed by atoms with E-state index in [-0.39, 0.29) is 43.0 Å². The first kappa shape index (κ1) is 33.4. The van der Waals surface area contributed by atoms with Crippen LogP contribution < -0.4 is 0 Å². The molecular formula is C19H22FeO7. The molecule has 0 saturated heterocycles. The number of aliphatic hydroxyl groups is 2. The molecule has 0 unspecified atom stereocenters. The van der Waals surface area contributed by atoms with E-state index in [1.807, 2.05) is 36.8 Å². The van der Waals surface area contributed by atoms with E-state index in [1.165, 1.54) is 0 Å². The zero-order valence-electron chi connectivity index (χ0n) is 14.6. The zero-order valence-corrected chi connectivity index (χ0v) is 15.7. The number of aliphatic hydroxyl groups excluding tert-OH is 2. The van der Waals surface area contributed by atoms with Crippen molar-refractivity contribution in [2.75, 3.05) is 26.4 Å². The maximum Gasteiger partial charge on any atom is 0 e. The van der Waals surface area contributed by atoms with Gasteiger partial charge in [0.2, 0.25) is 0 Å². The van der Waals surface area contributed by atoms with Crippen LogP contribution in [0.15, 0.2) is 30.3 Å². The molecule has 0 aliphatic heterocycles. The van der Waals surface area contributed by atoms with Crippen molar-refractivity contribution >= 4 is 0 Å². The summed E-state index contributed by atoms with van der Waals surface area (Å²) in [5.41, 5.74) is 1.11. The third kappa shape index (κ3) is 24.8. The second-order valence-corrected chi connectivity index (χ2v) is 4.13. The van der Waals surface area contributed by atoms with Crippen LogP contribution in [-0.2, 0) is 47.1 Å². The second-order valence-electron chi connectivity index (χ2n) is 4.13. The van der Waals surface area contributed by atoms with Gasteiger partial charge in [-0.25, -0.2) is 0 Å². The molecule has 0 aromatic heterocycles. The quantitative estimate of drug-likeness (QED) is 0.230. The van der Waals surface area contributed by atoms with E-state index in [0.717, 1.165) is 5.56 Å². The van der Waals surface area contributed by atoms with Gasteiger partial charge in [0.05, 0.1) is 32.5 Å². The van der Waals surface area contributed by atoms with Crippen LogP contribution >= 0.6 is 0 Å². The van der Waals surface area contributed by atoms with Gasteiger partial charge in [-0.15, -0.1) is 0 Å². The minimum absolute atomic E-state index is 0. The summed E-state index contributed by atoms with van der Waals surface area (Å²) in [6.07, 6.45) is 6.79. The van der Waals surface area contributed by atoms with Gasteiger partial charge < -0.3 is 19.7 Å². The summed E-state index contributed by atoms with van der Waals surface area (Å²) in [5, 5.41) is 17.4. The Bertz CT molecular complexity index is 420. The van der Waals surface area contributed by atoms with E-state index in [0.29, 0.717) is 13.2 Å². The number of ether oxygens (including phenoxy) is 2. The molecule has 0 saturated carbocycles. The van der Waals surface area contributed by atoms with Gasteiger partial charge in [0.25, 0.3) is 0 Å². The van der Waals surface area contributed by atoms with Gasteiger partial charge in [-0.05, 0) is 31.2 Å². The smallest absolute Gasteiger partial charge is 0 e. The Hall–Kier alpha value is -1.20. The van der Waals surface area contributed by atoms with Crippen molar-refractivity contribution in [3.63, 3.8) is 0 Å². The second kappa shape index (κ2) is 32.5. The number of rotatable bonds is 12. The zero-order chi connectivity index (χ0) is 20.5. The summed E-state index contributed by atoms with van der Waals surface area (Å²) in [6.45, 7) is 14.7. The fourth-order valence-corrected chi connectivity index (χ4v) is 1.56. The molecule has 4 radical (unpaired) electrons. The molecule has 0 fully saturated rings. The monoisotopic (exact) mass is 418 g/mol. The van der Waals surface area contributed by atoms with Gasteiger partial charge in [-0.1, -0.05) is 30.3 Å². The van der Waals surface area contributed by atoms with Crippen LogP contribution in [0, 0.1) is 45.6 Å². The molecule has 27 heavy (non-hydrogen) atoms. The molecule has 0 aliphatic rings. The molecule has 1 atom stereocenters. The summed E-state index contributed by atoms with van der Waals surface area (Å²) in [7, 11) is 0. The molecular weight excluding hydrogens is 396 g/mol. The molecule has 0 amide bonds. The van der Waals surface area contributed by atoms with Crippen molar-refractivity contribution in [3.8, 4) is 0 Å². The molecule has 148 valence electrons. The summed E-state index contributed by atoms with van der Waals surface area (Å²) < 4.78 is 33.6. The Kier molecular flexibility index (Phi) is 40.2. The van der Waals surface area contributed by atoms with E-state index in [1.54, 1.807) is 19.3 Å². The number of unbranched alkanes of at least 4 members (excludes halogenated alkanes) is 2. The van der Waals surface area contributed by atoms with Crippen LogP contribution in [-0.4, -0.2) is 42.7 Å². The Morgan fingerprint density at radius 2 is 1.56 bits per heavy atom. The Labute approximate surface area is 171 Å². The summed E-state index contributed by atoms with van der Waals surface area (Å²) in [4.78, 5) is 0. The van der Waals surface area contributed by atoms with Gasteiger partial charge in [-0.3, -0.25) is 0 Å². The van der Waals surface area contributed by atoms with Crippen LogP contribution in [0.3, 0.4) is 0 Å². The third-order valence-electron chi connectivity index (χ3n) is 2.50. The minimum atomic E-state index is -0.214. The van der Waals surface area contributed by atoms with Crippen molar-refractivity contribution in [1.29, 1.82) is 0 Å². The summed E-state index contributed by atoms with van der Waals surface area (Å²) >= 11 is 0. The van der Waals surface area contributed by atoms with Crippen molar-refractivity contribution in [3.05, 3.63) is 81.5 Å². The maximum absolute atomic E-state index is 8.79. The van der Waals surface area contributed by atoms with Gasteiger partial charge >= 0.3 is 33.9 Å². The largest absolute Gasteiger partial charge is 0 e. The van der Waals surface area contributed by atoms with Crippen LogP contribution in [0.25, 0.3) is 0 Å². The third-order valence-corrected chi connectivity index (χ3v) is 2.50. The topological polar surface area (TPSA) is 119 Å². The van der Waals surface area contributed by atoms with E-state index >= 15 is 0 Å². The van der Waals surface area contributed by atoms with Crippen LogP contribution in [0.5, 0.6) is 0 Å². The average Bonchev–Trinajstić information content (AvgIpc) is 2.74. The predicted molar refractivity (Wildman–Crippen MR) is 89.0 cm³/mol. The Morgan fingerprint density at radius 1 is 0.963 bits per heavy atom. The molecule has 0 aliphatic carbocycles. The van der Waals surface area contributed by atoms with Crippen molar-refractivity contribution in [1.82, 2.24) is 0 Å². The van der Waals surface area contributed by atoms with E-state index in [9.17, 15) is 0 Å². The van der Waals surface area contributed by atoms with E-state index < -0.39 is 0 Å². The standard InChI is InChI=1S/C16H22O4.3CO.Fe/c17-10-6-2-5-9-16(20-12-11-18)14-19-13-15-7-3-1-4-8-15;3*1-2;/h1-9,16-18H,10-14H2;;;;/t16-;;;;/m0..../s1. The molecule has 1 rings (SSSR count). The molecule has 1 aromatic carbocycles. The Balaban J connectivity index is -0.000000342. The van der Waals surface area contributed by atoms with Gasteiger partial charge in [-0.2, -0.15) is 0 Å². The normalized spacial score (nSPS) is 9.48. The summed E-state index contributed by atoms with van der Waals surface area (Å²) in [6, 6.07) is 9.91. The molecule has 1 aromatic rings. The average molecular weight is 418 g/mol. The van der Waals surface area contributed by atoms with E-state index in [4.69, 9.17) is 33.6 Å². The SMILES string of the molecule is OC[CH][CH][CH][CH][C@@H](COCc1ccccc1)OCCO.[C-]#[O+].[C-]#[O+].[C-]#[O+].[Fe]. The number of benzene rings is 1. The van der Waals surface area contributed by atoms with Gasteiger partial charge in [0.15, 0.2) is 0 Å². The number of hydrogen-bond donors (Lipinski definition) is 2. The van der Waals surface area contributed by atoms with Crippen LogP contribution in [0.2, 0.25) is 0 Å². The molecule has 2 N–H and O–H groups in total. The fraction of sp³-hybridized carbons (Fsp3) is 0.316. The first-order valence-corrected chi connectivity index (χ1v) is 7.26. The Morgan fingerprint density at radius 3 is 2.07 bits per heavy atom. The number of hydrogen-bond acceptors (Lipinski definition) is 4. The molecule has 8 heteroatoms.